The summed E-state index contributed by atoms with van der Waals surface area (Å²) in [6.07, 6.45) is 0.955. The van der Waals surface area contributed by atoms with Crippen LogP contribution in [0.5, 0.6) is 0 Å². The molecule has 1 heterocycles. The van der Waals surface area contributed by atoms with Gasteiger partial charge in [-0.15, -0.1) is 0 Å². The standard InChI is InChI=1S/C13H14N2/c1-10(9-14-2)7-12-8-11-5-3-4-6-13(11)15-12/h3-6,8,10,15H,7,9H2,1H3. The van der Waals surface area contributed by atoms with E-state index in [1.807, 2.05) is 12.1 Å². The first kappa shape index (κ1) is 9.79. The van der Waals surface area contributed by atoms with Gasteiger partial charge in [0.15, 0.2) is 0 Å². The number of nitrogens with one attached hydrogen (secondary N) is 1. The van der Waals surface area contributed by atoms with E-state index in [0.29, 0.717) is 12.5 Å². The molecule has 1 aromatic carbocycles. The molecule has 0 amide bonds. The van der Waals surface area contributed by atoms with Gasteiger partial charge in [0.2, 0.25) is 6.54 Å². The molecule has 1 unspecified atom stereocenters. The molecule has 2 rings (SSSR count). The van der Waals surface area contributed by atoms with Crippen molar-refractivity contribution in [1.29, 1.82) is 0 Å². The molecule has 15 heavy (non-hydrogen) atoms. The zero-order chi connectivity index (χ0) is 10.7. The number of hydrogen-bond donors (Lipinski definition) is 1. The fraction of sp³-hybridized carbons (Fsp3) is 0.308. The number of benzene rings is 1. The van der Waals surface area contributed by atoms with Crippen molar-refractivity contribution < 1.29 is 0 Å². The second kappa shape index (κ2) is 4.18. The first-order valence-electron chi connectivity index (χ1n) is 5.19. The largest absolute Gasteiger partial charge is 0.358 e. The van der Waals surface area contributed by atoms with Crippen LogP contribution in [0.1, 0.15) is 12.6 Å². The Kier molecular flexibility index (Phi) is 2.73. The highest BCUT2D eigenvalue weighted by molar-refractivity contribution is 5.80. The third kappa shape index (κ3) is 2.19. The molecule has 0 aliphatic heterocycles. The molecule has 2 nitrogen and oxygen atoms in total. The van der Waals surface area contributed by atoms with Crippen LogP contribution < -0.4 is 0 Å². The number of H-pyrrole nitrogens is 1. The molecule has 0 radical (unpaired) electrons. The molecule has 2 heteroatoms. The highest BCUT2D eigenvalue weighted by Crippen LogP contribution is 2.17. The van der Waals surface area contributed by atoms with Crippen LogP contribution in [0.2, 0.25) is 0 Å². The van der Waals surface area contributed by atoms with Gasteiger partial charge in [-0.1, -0.05) is 25.1 Å². The Labute approximate surface area is 89.7 Å². The third-order valence-electron chi connectivity index (χ3n) is 2.56. The summed E-state index contributed by atoms with van der Waals surface area (Å²) in [6, 6.07) is 10.4. The summed E-state index contributed by atoms with van der Waals surface area (Å²) in [5, 5.41) is 1.25. The van der Waals surface area contributed by atoms with E-state index in [0.717, 1.165) is 6.42 Å². The van der Waals surface area contributed by atoms with E-state index >= 15 is 0 Å². The van der Waals surface area contributed by atoms with Gasteiger partial charge in [-0.2, -0.15) is 0 Å². The number of rotatable bonds is 3. The molecule has 0 saturated heterocycles. The van der Waals surface area contributed by atoms with E-state index in [9.17, 15) is 0 Å². The predicted octanol–water partition coefficient (Wildman–Crippen LogP) is 3.27. The summed E-state index contributed by atoms with van der Waals surface area (Å²) < 4.78 is 0. The molecule has 0 fully saturated rings. The second-order valence-electron chi connectivity index (χ2n) is 4.03. The van der Waals surface area contributed by atoms with Crippen molar-refractivity contribution >= 4 is 10.9 Å². The first-order valence-corrected chi connectivity index (χ1v) is 5.19. The van der Waals surface area contributed by atoms with Crippen molar-refractivity contribution in [2.45, 2.75) is 13.3 Å². The molecule has 2 aromatic rings. The van der Waals surface area contributed by atoms with E-state index in [4.69, 9.17) is 6.57 Å². The van der Waals surface area contributed by atoms with Gasteiger partial charge >= 0.3 is 0 Å². The maximum atomic E-state index is 6.82. The molecular weight excluding hydrogens is 184 g/mol. The lowest BCUT2D eigenvalue weighted by Gasteiger charge is -2.01. The van der Waals surface area contributed by atoms with E-state index in [2.05, 4.69) is 35.0 Å². The molecule has 76 valence electrons. The van der Waals surface area contributed by atoms with Crippen LogP contribution in [0, 0.1) is 12.5 Å². The molecule has 1 N–H and O–H groups in total. The highest BCUT2D eigenvalue weighted by Gasteiger charge is 2.08. The number of hydrogen-bond acceptors (Lipinski definition) is 0. The van der Waals surface area contributed by atoms with Gasteiger partial charge in [0.05, 0.1) is 0 Å². The quantitative estimate of drug-likeness (QED) is 0.730. The monoisotopic (exact) mass is 198 g/mol. The van der Waals surface area contributed by atoms with Gasteiger partial charge in [0, 0.05) is 17.1 Å². The van der Waals surface area contributed by atoms with Crippen LogP contribution in [-0.4, -0.2) is 11.5 Å². The van der Waals surface area contributed by atoms with Crippen LogP contribution in [0.3, 0.4) is 0 Å². The minimum absolute atomic E-state index is 0.426. The van der Waals surface area contributed by atoms with Gasteiger partial charge in [-0.05, 0) is 23.9 Å². The average molecular weight is 198 g/mol. The Balaban J connectivity index is 2.19. The Bertz CT molecular complexity index is 457. The van der Waals surface area contributed by atoms with Crippen LogP contribution in [0.25, 0.3) is 15.7 Å². The first-order chi connectivity index (χ1) is 7.29. The maximum Gasteiger partial charge on any atom is 0.217 e. The van der Waals surface area contributed by atoms with E-state index in [1.165, 1.54) is 16.6 Å². The summed E-state index contributed by atoms with van der Waals surface area (Å²) in [4.78, 5) is 6.80. The van der Waals surface area contributed by atoms with Gasteiger partial charge in [0.25, 0.3) is 0 Å². The maximum absolute atomic E-state index is 6.82. The van der Waals surface area contributed by atoms with Crippen LogP contribution in [-0.2, 0) is 6.42 Å². The number of nitrogens with zero attached hydrogens (tertiary/aromatic N) is 1. The average Bonchev–Trinajstić information content (AvgIpc) is 2.59. The topological polar surface area (TPSA) is 20.1 Å². The Morgan fingerprint density at radius 3 is 2.93 bits per heavy atom. The van der Waals surface area contributed by atoms with Crippen LogP contribution >= 0.6 is 0 Å². The van der Waals surface area contributed by atoms with Crippen LogP contribution in [0.4, 0.5) is 0 Å². The number of aromatic amines is 1. The molecule has 1 atom stereocenters. The zero-order valence-corrected chi connectivity index (χ0v) is 8.83. The lowest BCUT2D eigenvalue weighted by molar-refractivity contribution is 0.621. The van der Waals surface area contributed by atoms with Gasteiger partial charge < -0.3 is 9.83 Å². The molecule has 0 aliphatic carbocycles. The van der Waals surface area contributed by atoms with Crippen molar-refractivity contribution in [3.8, 4) is 0 Å². The van der Waals surface area contributed by atoms with Crippen molar-refractivity contribution in [2.75, 3.05) is 6.54 Å². The number of fused-ring (bicyclic) bond motifs is 1. The van der Waals surface area contributed by atoms with Crippen LogP contribution in [0.15, 0.2) is 30.3 Å². The van der Waals surface area contributed by atoms with Crippen molar-refractivity contribution in [3.05, 3.63) is 47.4 Å². The normalized spacial score (nSPS) is 12.5. The van der Waals surface area contributed by atoms with E-state index in [-0.39, 0.29) is 0 Å². The Morgan fingerprint density at radius 2 is 2.20 bits per heavy atom. The van der Waals surface area contributed by atoms with Gasteiger partial charge in [-0.3, -0.25) is 0 Å². The Hall–Kier alpha value is -1.75. The minimum Gasteiger partial charge on any atom is -0.358 e. The SMILES string of the molecule is [C-]#[N+]CC(C)Cc1cc2ccccc2[nH]1. The van der Waals surface area contributed by atoms with Crippen molar-refractivity contribution in [3.63, 3.8) is 0 Å². The van der Waals surface area contributed by atoms with Crippen molar-refractivity contribution in [2.24, 2.45) is 5.92 Å². The lowest BCUT2D eigenvalue weighted by atomic mass is 10.1. The summed E-state index contributed by atoms with van der Waals surface area (Å²) >= 11 is 0. The number of para-hydroxylation sites is 1. The zero-order valence-electron chi connectivity index (χ0n) is 8.83. The van der Waals surface area contributed by atoms with Crippen molar-refractivity contribution in [1.82, 2.24) is 4.98 Å². The number of aromatic nitrogens is 1. The molecule has 0 bridgehead atoms. The Morgan fingerprint density at radius 1 is 1.40 bits per heavy atom. The fourth-order valence-electron chi connectivity index (χ4n) is 1.84. The third-order valence-corrected chi connectivity index (χ3v) is 2.56. The molecule has 0 saturated carbocycles. The summed E-state index contributed by atoms with van der Waals surface area (Å²) in [5.74, 6) is 0.426. The smallest absolute Gasteiger partial charge is 0.217 e. The molecule has 0 aliphatic rings. The fourth-order valence-corrected chi connectivity index (χ4v) is 1.84. The van der Waals surface area contributed by atoms with Gasteiger partial charge in [0.1, 0.15) is 0 Å². The van der Waals surface area contributed by atoms with E-state index < -0.39 is 0 Å². The second-order valence-corrected chi connectivity index (χ2v) is 4.03. The summed E-state index contributed by atoms with van der Waals surface area (Å²) in [6.45, 7) is 9.54. The minimum atomic E-state index is 0.426. The molecule has 0 spiro atoms. The molecular formula is C13H14N2. The molecule has 1 aromatic heterocycles. The predicted molar refractivity (Wildman–Crippen MR) is 62.6 cm³/mol. The van der Waals surface area contributed by atoms with E-state index in [1.54, 1.807) is 0 Å². The summed E-state index contributed by atoms with van der Waals surface area (Å²) in [7, 11) is 0. The van der Waals surface area contributed by atoms with Gasteiger partial charge in [-0.25, -0.2) is 6.57 Å². The summed E-state index contributed by atoms with van der Waals surface area (Å²) in [5.41, 5.74) is 2.41. The lowest BCUT2D eigenvalue weighted by Crippen LogP contribution is -2.02. The highest BCUT2D eigenvalue weighted by atomic mass is 14.7.